The number of hydrogen-bond donors (Lipinski definition) is 1. The van der Waals surface area contributed by atoms with Crippen LogP contribution in [0.25, 0.3) is 11.3 Å². The Morgan fingerprint density at radius 1 is 1.28 bits per heavy atom. The van der Waals surface area contributed by atoms with Crippen LogP contribution in [-0.4, -0.2) is 13.4 Å². The number of nitrogens with one attached hydrogen (secondary N) is 1. The van der Waals surface area contributed by atoms with Gasteiger partial charge < -0.3 is 0 Å². The van der Waals surface area contributed by atoms with Crippen LogP contribution in [-0.2, 0) is 10.0 Å². The molecule has 4 nitrogen and oxygen atoms in total. The van der Waals surface area contributed by atoms with E-state index in [9.17, 15) is 12.8 Å². The fraction of sp³-hybridized carbons (Fsp3) is 0.0625. The van der Waals surface area contributed by atoms with Gasteiger partial charge in [-0.2, -0.15) is 0 Å². The lowest BCUT2D eigenvalue weighted by atomic mass is 10.1. The van der Waals surface area contributed by atoms with E-state index < -0.39 is 15.8 Å². The molecule has 25 heavy (non-hydrogen) atoms. The van der Waals surface area contributed by atoms with Crippen molar-refractivity contribution in [3.05, 3.63) is 62.7 Å². The van der Waals surface area contributed by atoms with E-state index in [1.165, 1.54) is 18.2 Å². The van der Waals surface area contributed by atoms with E-state index in [-0.39, 0.29) is 26.3 Å². The highest BCUT2D eigenvalue weighted by Crippen LogP contribution is 2.33. The standard InChI is InChI=1S/C16H11BrClFN2O2S2/c1-9-7-10(17)5-6-14(9)25(22,23)21-16-20-13(8-24-16)15-11(18)3-2-4-12(15)19/h2-8H,1H3,(H,20,21). The van der Waals surface area contributed by atoms with Gasteiger partial charge in [0.05, 0.1) is 21.2 Å². The third kappa shape index (κ3) is 3.87. The number of rotatable bonds is 4. The third-order valence-electron chi connectivity index (χ3n) is 3.37. The molecule has 0 fully saturated rings. The first-order chi connectivity index (χ1) is 11.8. The molecule has 0 aliphatic carbocycles. The van der Waals surface area contributed by atoms with Crippen LogP contribution in [0.2, 0.25) is 5.02 Å². The quantitative estimate of drug-likeness (QED) is 0.560. The molecule has 1 aromatic heterocycles. The van der Waals surface area contributed by atoms with Gasteiger partial charge in [-0.25, -0.2) is 17.8 Å². The maximum Gasteiger partial charge on any atom is 0.263 e. The van der Waals surface area contributed by atoms with E-state index in [1.54, 1.807) is 30.5 Å². The Kier molecular flexibility index (Phi) is 5.15. The molecular weight excluding hydrogens is 451 g/mol. The molecule has 3 rings (SSSR count). The lowest BCUT2D eigenvalue weighted by Gasteiger charge is -2.08. The summed E-state index contributed by atoms with van der Waals surface area (Å²) < 4.78 is 42.3. The molecule has 2 aromatic carbocycles. The molecule has 0 spiro atoms. The number of anilines is 1. The molecule has 9 heteroatoms. The highest BCUT2D eigenvalue weighted by Gasteiger charge is 2.20. The van der Waals surface area contributed by atoms with Crippen LogP contribution in [0.15, 0.2) is 51.1 Å². The van der Waals surface area contributed by atoms with Crippen molar-refractivity contribution in [2.75, 3.05) is 4.72 Å². The van der Waals surface area contributed by atoms with Crippen LogP contribution in [0, 0.1) is 12.7 Å². The summed E-state index contributed by atoms with van der Waals surface area (Å²) >= 11 is 10.4. The Balaban J connectivity index is 1.93. The van der Waals surface area contributed by atoms with Crippen LogP contribution in [0.1, 0.15) is 5.56 Å². The van der Waals surface area contributed by atoms with Gasteiger partial charge in [0.15, 0.2) is 5.13 Å². The van der Waals surface area contributed by atoms with Crippen molar-refractivity contribution in [1.82, 2.24) is 4.98 Å². The van der Waals surface area contributed by atoms with Crippen molar-refractivity contribution in [1.29, 1.82) is 0 Å². The van der Waals surface area contributed by atoms with Crippen LogP contribution < -0.4 is 4.72 Å². The van der Waals surface area contributed by atoms with Crippen molar-refractivity contribution in [2.24, 2.45) is 0 Å². The molecule has 0 amide bonds. The first kappa shape index (κ1) is 18.3. The van der Waals surface area contributed by atoms with Gasteiger partial charge in [-0.3, -0.25) is 4.72 Å². The molecule has 0 aliphatic heterocycles. The fourth-order valence-corrected chi connectivity index (χ4v) is 5.18. The lowest BCUT2D eigenvalue weighted by molar-refractivity contribution is 0.600. The first-order valence-corrected chi connectivity index (χ1v) is 10.5. The van der Waals surface area contributed by atoms with Crippen molar-refractivity contribution >= 4 is 54.0 Å². The predicted octanol–water partition coefficient (Wildman–Crippen LogP) is 5.47. The zero-order valence-electron chi connectivity index (χ0n) is 12.8. The van der Waals surface area contributed by atoms with Gasteiger partial charge in [0.1, 0.15) is 5.82 Å². The number of halogens is 3. The van der Waals surface area contributed by atoms with Gasteiger partial charge in [-0.05, 0) is 42.8 Å². The number of sulfonamides is 1. The highest BCUT2D eigenvalue weighted by atomic mass is 79.9. The van der Waals surface area contributed by atoms with E-state index >= 15 is 0 Å². The summed E-state index contributed by atoms with van der Waals surface area (Å²) in [7, 11) is -3.80. The SMILES string of the molecule is Cc1cc(Br)ccc1S(=O)(=O)Nc1nc(-c2c(F)cccc2Cl)cs1. The minimum Gasteiger partial charge on any atom is -0.255 e. The average molecular weight is 462 g/mol. The number of aromatic nitrogens is 1. The maximum atomic E-state index is 14.0. The number of benzene rings is 2. The summed E-state index contributed by atoms with van der Waals surface area (Å²) in [6, 6.07) is 9.18. The average Bonchev–Trinajstić information content (AvgIpc) is 2.94. The largest absolute Gasteiger partial charge is 0.263 e. The van der Waals surface area contributed by atoms with Gasteiger partial charge in [0.25, 0.3) is 10.0 Å². The van der Waals surface area contributed by atoms with Crippen LogP contribution in [0.4, 0.5) is 9.52 Å². The molecule has 0 aliphatic rings. The minimum absolute atomic E-state index is 0.136. The molecule has 0 bridgehead atoms. The molecule has 1 N–H and O–H groups in total. The normalized spacial score (nSPS) is 11.5. The van der Waals surface area contributed by atoms with Crippen LogP contribution in [0.3, 0.4) is 0 Å². The molecule has 1 heterocycles. The van der Waals surface area contributed by atoms with Gasteiger partial charge in [0.2, 0.25) is 0 Å². The van der Waals surface area contributed by atoms with E-state index in [4.69, 9.17) is 11.6 Å². The van der Waals surface area contributed by atoms with Gasteiger partial charge in [-0.15, -0.1) is 11.3 Å². The Labute approximate surface area is 161 Å². The van der Waals surface area contributed by atoms with E-state index in [0.29, 0.717) is 5.56 Å². The van der Waals surface area contributed by atoms with Gasteiger partial charge >= 0.3 is 0 Å². The summed E-state index contributed by atoms with van der Waals surface area (Å²) in [5.74, 6) is -0.518. The van der Waals surface area contributed by atoms with E-state index in [1.807, 2.05) is 0 Å². The molecule has 0 saturated heterocycles. The Bertz CT molecular complexity index is 1030. The molecule has 0 atom stereocenters. The summed E-state index contributed by atoms with van der Waals surface area (Å²) in [5.41, 5.74) is 1.01. The maximum absolute atomic E-state index is 14.0. The summed E-state index contributed by atoms with van der Waals surface area (Å²) in [4.78, 5) is 4.30. The molecule has 0 saturated carbocycles. The summed E-state index contributed by atoms with van der Waals surface area (Å²) in [6.07, 6.45) is 0. The molecular formula is C16H11BrClFN2O2S2. The minimum atomic E-state index is -3.80. The summed E-state index contributed by atoms with van der Waals surface area (Å²) in [5, 5.41) is 1.90. The zero-order valence-corrected chi connectivity index (χ0v) is 16.7. The van der Waals surface area contributed by atoms with Crippen molar-refractivity contribution < 1.29 is 12.8 Å². The number of aryl methyl sites for hydroxylation is 1. The lowest BCUT2D eigenvalue weighted by Crippen LogP contribution is -2.14. The first-order valence-electron chi connectivity index (χ1n) is 6.97. The zero-order chi connectivity index (χ0) is 18.2. The predicted molar refractivity (Wildman–Crippen MR) is 102 cm³/mol. The van der Waals surface area contributed by atoms with Crippen LogP contribution >= 0.6 is 38.9 Å². The second kappa shape index (κ2) is 7.03. The molecule has 0 radical (unpaired) electrons. The van der Waals surface area contributed by atoms with Crippen molar-refractivity contribution in [3.63, 3.8) is 0 Å². The van der Waals surface area contributed by atoms with E-state index in [2.05, 4.69) is 25.6 Å². The van der Waals surface area contributed by atoms with Crippen molar-refractivity contribution in [3.8, 4) is 11.3 Å². The number of thiazole rings is 1. The van der Waals surface area contributed by atoms with E-state index in [0.717, 1.165) is 15.8 Å². The third-order valence-corrected chi connectivity index (χ3v) is 6.57. The topological polar surface area (TPSA) is 59.1 Å². The Morgan fingerprint density at radius 2 is 2.04 bits per heavy atom. The van der Waals surface area contributed by atoms with Crippen molar-refractivity contribution in [2.45, 2.75) is 11.8 Å². The highest BCUT2D eigenvalue weighted by molar-refractivity contribution is 9.10. The van der Waals surface area contributed by atoms with Gasteiger partial charge in [0, 0.05) is 9.85 Å². The monoisotopic (exact) mass is 460 g/mol. The molecule has 3 aromatic rings. The second-order valence-corrected chi connectivity index (χ2v) is 8.98. The second-order valence-electron chi connectivity index (χ2n) is 5.15. The summed E-state index contributed by atoms with van der Waals surface area (Å²) in [6.45, 7) is 1.70. The Hall–Kier alpha value is -1.48. The smallest absolute Gasteiger partial charge is 0.255 e. The Morgan fingerprint density at radius 3 is 2.72 bits per heavy atom. The van der Waals surface area contributed by atoms with Crippen LogP contribution in [0.5, 0.6) is 0 Å². The number of nitrogens with zero attached hydrogens (tertiary/aromatic N) is 1. The van der Waals surface area contributed by atoms with Gasteiger partial charge in [-0.1, -0.05) is 33.6 Å². The molecule has 130 valence electrons. The molecule has 0 unspecified atom stereocenters. The fourth-order valence-electron chi connectivity index (χ4n) is 2.26. The number of hydrogen-bond acceptors (Lipinski definition) is 4.